The van der Waals surface area contributed by atoms with E-state index in [1.54, 1.807) is 21.6 Å². The maximum absolute atomic E-state index is 13.7. The van der Waals surface area contributed by atoms with Gasteiger partial charge in [0.2, 0.25) is 0 Å². The van der Waals surface area contributed by atoms with Crippen LogP contribution < -0.4 is 10.2 Å². The predicted octanol–water partition coefficient (Wildman–Crippen LogP) is 5.33. The molecule has 1 aliphatic rings. The van der Waals surface area contributed by atoms with Crippen LogP contribution in [0.25, 0.3) is 0 Å². The van der Waals surface area contributed by atoms with E-state index in [0.29, 0.717) is 18.2 Å². The van der Waals surface area contributed by atoms with Gasteiger partial charge >= 0.3 is 0 Å². The van der Waals surface area contributed by atoms with Crippen LogP contribution in [0, 0.1) is 5.92 Å². The molecule has 1 fully saturated rings. The van der Waals surface area contributed by atoms with Crippen molar-refractivity contribution in [3.8, 4) is 0 Å². The highest BCUT2D eigenvalue weighted by molar-refractivity contribution is 8.76. The Hall–Kier alpha value is -1.87. The maximum atomic E-state index is 13.7. The third-order valence-corrected chi connectivity index (χ3v) is 8.96. The zero-order valence-electron chi connectivity index (χ0n) is 19.5. The van der Waals surface area contributed by atoms with Crippen molar-refractivity contribution in [3.63, 3.8) is 0 Å². The van der Waals surface area contributed by atoms with Crippen molar-refractivity contribution < 1.29 is 4.79 Å². The van der Waals surface area contributed by atoms with Crippen molar-refractivity contribution in [2.45, 2.75) is 24.2 Å². The van der Waals surface area contributed by atoms with E-state index in [-0.39, 0.29) is 5.91 Å². The molecule has 8 heteroatoms. The number of thiol groups is 1. The van der Waals surface area contributed by atoms with Gasteiger partial charge in [-0.05, 0) is 67.7 Å². The van der Waals surface area contributed by atoms with Crippen LogP contribution in [0.15, 0.2) is 65.6 Å². The second kappa shape index (κ2) is 12.7. The SMILES string of the molecule is Cn1nc(C(=O)N(CC2CCNCC2)c2ccc(SSCCS)cc2)cc1Cc1ccccc1. The number of carbonyl (C=O) groups is 1. The standard InChI is InChI=1S/C26H32N4OS3/c1-29-23(17-20-5-3-2-4-6-20)18-25(28-29)26(31)30(19-21-11-13-27-14-12-21)22-7-9-24(10-8-22)34-33-16-15-32/h2-10,18,21,27,32H,11-17,19H2,1H3. The van der Waals surface area contributed by atoms with E-state index in [1.165, 1.54) is 10.5 Å². The summed E-state index contributed by atoms with van der Waals surface area (Å²) in [6.45, 7) is 2.73. The Morgan fingerprint density at radius 1 is 1.15 bits per heavy atom. The van der Waals surface area contributed by atoms with Gasteiger partial charge in [-0.15, -0.1) is 0 Å². The Kier molecular flexibility index (Phi) is 9.44. The van der Waals surface area contributed by atoms with Crippen molar-refractivity contribution >= 4 is 45.8 Å². The molecule has 1 N–H and O–H groups in total. The number of aromatic nitrogens is 2. The molecule has 1 aliphatic heterocycles. The number of nitrogens with one attached hydrogen (secondary N) is 1. The maximum Gasteiger partial charge on any atom is 0.278 e. The summed E-state index contributed by atoms with van der Waals surface area (Å²) in [6, 6.07) is 20.6. The Balaban J connectivity index is 1.54. The van der Waals surface area contributed by atoms with Gasteiger partial charge in [-0.25, -0.2) is 0 Å². The zero-order chi connectivity index (χ0) is 23.8. The summed E-state index contributed by atoms with van der Waals surface area (Å²) >= 11 is 4.28. The number of hydrogen-bond acceptors (Lipinski definition) is 6. The lowest BCUT2D eigenvalue weighted by molar-refractivity contribution is 0.0975. The van der Waals surface area contributed by atoms with E-state index in [1.807, 2.05) is 40.9 Å². The van der Waals surface area contributed by atoms with E-state index in [4.69, 9.17) is 0 Å². The number of benzene rings is 2. The van der Waals surface area contributed by atoms with Crippen molar-refractivity contribution in [2.75, 3.05) is 36.0 Å². The summed E-state index contributed by atoms with van der Waals surface area (Å²) in [7, 11) is 5.47. The van der Waals surface area contributed by atoms with Gasteiger partial charge in [0.1, 0.15) is 0 Å². The average Bonchev–Trinajstić information content (AvgIpc) is 3.24. The molecule has 3 aromatic rings. The molecular formula is C26H32N4OS3. The van der Waals surface area contributed by atoms with Gasteiger partial charge in [-0.3, -0.25) is 9.48 Å². The van der Waals surface area contributed by atoms with Gasteiger partial charge in [0.05, 0.1) is 0 Å². The molecule has 1 saturated heterocycles. The van der Waals surface area contributed by atoms with Gasteiger partial charge in [-0.2, -0.15) is 17.7 Å². The lowest BCUT2D eigenvalue weighted by Gasteiger charge is -2.30. The molecule has 0 unspecified atom stereocenters. The molecule has 0 spiro atoms. The Morgan fingerprint density at radius 3 is 2.59 bits per heavy atom. The molecule has 0 radical (unpaired) electrons. The van der Waals surface area contributed by atoms with Gasteiger partial charge in [0.15, 0.2) is 5.69 Å². The van der Waals surface area contributed by atoms with Crippen LogP contribution in [0.1, 0.15) is 34.6 Å². The van der Waals surface area contributed by atoms with Crippen molar-refractivity contribution in [1.29, 1.82) is 0 Å². The normalized spacial score (nSPS) is 14.3. The zero-order valence-corrected chi connectivity index (χ0v) is 22.0. The van der Waals surface area contributed by atoms with E-state index >= 15 is 0 Å². The topological polar surface area (TPSA) is 50.2 Å². The fraction of sp³-hybridized carbons (Fsp3) is 0.385. The quantitative estimate of drug-likeness (QED) is 0.219. The molecule has 180 valence electrons. The highest BCUT2D eigenvalue weighted by Crippen LogP contribution is 2.33. The average molecular weight is 513 g/mol. The first-order valence-corrected chi connectivity index (χ1v) is 14.7. The monoisotopic (exact) mass is 512 g/mol. The van der Waals surface area contributed by atoms with Crippen LogP contribution >= 0.6 is 34.2 Å². The van der Waals surface area contributed by atoms with E-state index < -0.39 is 0 Å². The van der Waals surface area contributed by atoms with E-state index in [2.05, 4.69) is 59.4 Å². The second-order valence-electron chi connectivity index (χ2n) is 8.54. The predicted molar refractivity (Wildman–Crippen MR) is 148 cm³/mol. The highest BCUT2D eigenvalue weighted by Gasteiger charge is 2.25. The highest BCUT2D eigenvalue weighted by atomic mass is 33.1. The smallest absolute Gasteiger partial charge is 0.278 e. The molecule has 0 bridgehead atoms. The minimum Gasteiger partial charge on any atom is -0.317 e. The summed E-state index contributed by atoms with van der Waals surface area (Å²) in [5.74, 6) is 2.32. The first-order chi connectivity index (χ1) is 16.6. The second-order valence-corrected chi connectivity index (χ2v) is 11.5. The summed E-state index contributed by atoms with van der Waals surface area (Å²) in [4.78, 5) is 16.9. The molecule has 1 amide bonds. The van der Waals surface area contributed by atoms with Crippen molar-refractivity contribution in [3.05, 3.63) is 77.6 Å². The van der Waals surface area contributed by atoms with Gasteiger partial charge in [0, 0.05) is 47.8 Å². The lowest BCUT2D eigenvalue weighted by Crippen LogP contribution is -2.39. The van der Waals surface area contributed by atoms with Crippen LogP contribution in [-0.2, 0) is 13.5 Å². The number of aryl methyl sites for hydroxylation is 1. The number of hydrogen-bond donors (Lipinski definition) is 2. The van der Waals surface area contributed by atoms with Crippen LogP contribution in [0.2, 0.25) is 0 Å². The van der Waals surface area contributed by atoms with Crippen LogP contribution in [0.5, 0.6) is 0 Å². The Bertz CT molecular complexity index is 1050. The van der Waals surface area contributed by atoms with Crippen molar-refractivity contribution in [1.82, 2.24) is 15.1 Å². The molecule has 2 aromatic carbocycles. The first kappa shape index (κ1) is 25.2. The summed E-state index contributed by atoms with van der Waals surface area (Å²) in [6.07, 6.45) is 2.92. The number of anilines is 1. The van der Waals surface area contributed by atoms with Crippen molar-refractivity contribution in [2.24, 2.45) is 13.0 Å². The molecule has 0 saturated carbocycles. The van der Waals surface area contributed by atoms with Crippen LogP contribution in [0.4, 0.5) is 5.69 Å². The molecule has 4 rings (SSSR count). The summed E-state index contributed by atoms with van der Waals surface area (Å²) in [5, 5.41) is 8.04. The molecule has 0 aliphatic carbocycles. The molecule has 0 atom stereocenters. The third kappa shape index (κ3) is 6.84. The summed E-state index contributed by atoms with van der Waals surface area (Å²) < 4.78 is 1.83. The Morgan fingerprint density at radius 2 is 1.88 bits per heavy atom. The molecule has 2 heterocycles. The molecule has 5 nitrogen and oxygen atoms in total. The fourth-order valence-electron chi connectivity index (χ4n) is 4.18. The fourth-order valence-corrected chi connectivity index (χ4v) is 6.60. The van der Waals surface area contributed by atoms with Gasteiger partial charge in [-0.1, -0.05) is 51.9 Å². The van der Waals surface area contributed by atoms with Gasteiger partial charge in [0.25, 0.3) is 5.91 Å². The van der Waals surface area contributed by atoms with E-state index in [0.717, 1.165) is 55.2 Å². The number of amides is 1. The van der Waals surface area contributed by atoms with Crippen LogP contribution in [0.3, 0.4) is 0 Å². The number of piperidine rings is 1. The number of carbonyl (C=O) groups excluding carboxylic acids is 1. The molecular weight excluding hydrogens is 481 g/mol. The molecule has 1 aromatic heterocycles. The largest absolute Gasteiger partial charge is 0.317 e. The third-order valence-electron chi connectivity index (χ3n) is 6.05. The molecule has 34 heavy (non-hydrogen) atoms. The van der Waals surface area contributed by atoms with Crippen LogP contribution in [-0.4, -0.2) is 46.8 Å². The Labute approximate surface area is 215 Å². The minimum absolute atomic E-state index is 0.0294. The lowest BCUT2D eigenvalue weighted by atomic mass is 9.97. The number of nitrogens with zero attached hydrogens (tertiary/aromatic N) is 3. The van der Waals surface area contributed by atoms with Gasteiger partial charge < -0.3 is 10.2 Å². The minimum atomic E-state index is -0.0294. The first-order valence-electron chi connectivity index (χ1n) is 11.7. The van der Waals surface area contributed by atoms with E-state index in [9.17, 15) is 4.79 Å². The summed E-state index contributed by atoms with van der Waals surface area (Å²) in [5.41, 5.74) is 3.68. The number of rotatable bonds is 10.